The molecule has 2 rings (SSSR count). The van der Waals surface area contributed by atoms with Crippen molar-refractivity contribution in [2.45, 2.75) is 20.3 Å². The van der Waals surface area contributed by atoms with Gasteiger partial charge in [-0.1, -0.05) is 19.9 Å². The summed E-state index contributed by atoms with van der Waals surface area (Å²) in [6.45, 7) is 7.58. The molecule has 2 heterocycles. The molecule has 1 aliphatic heterocycles. The van der Waals surface area contributed by atoms with Gasteiger partial charge in [-0.05, 0) is 36.4 Å². The summed E-state index contributed by atoms with van der Waals surface area (Å²) in [7, 11) is 0. The Balaban J connectivity index is 2.05. The first-order valence-electron chi connectivity index (χ1n) is 6.10. The van der Waals surface area contributed by atoms with Crippen LogP contribution in [-0.2, 0) is 6.42 Å². The van der Waals surface area contributed by atoms with E-state index >= 15 is 0 Å². The quantitative estimate of drug-likeness (QED) is 0.841. The van der Waals surface area contributed by atoms with Crippen LogP contribution in [0.2, 0.25) is 0 Å². The number of nitrogens with zero attached hydrogens (tertiary/aromatic N) is 2. The average molecular weight is 219 g/mol. The van der Waals surface area contributed by atoms with Crippen LogP contribution in [0.5, 0.6) is 0 Å². The van der Waals surface area contributed by atoms with Gasteiger partial charge in [0.1, 0.15) is 5.82 Å². The van der Waals surface area contributed by atoms with Gasteiger partial charge in [0, 0.05) is 19.3 Å². The normalized spacial score (nSPS) is 25.1. The van der Waals surface area contributed by atoms with Crippen molar-refractivity contribution in [1.82, 2.24) is 4.98 Å². The maximum atomic E-state index is 5.52. The first-order valence-corrected chi connectivity index (χ1v) is 6.10. The van der Waals surface area contributed by atoms with E-state index in [0.29, 0.717) is 6.54 Å². The molecule has 1 aliphatic rings. The highest BCUT2D eigenvalue weighted by Gasteiger charge is 2.26. The maximum absolute atomic E-state index is 5.52. The van der Waals surface area contributed by atoms with Gasteiger partial charge in [0.05, 0.1) is 0 Å². The van der Waals surface area contributed by atoms with Crippen molar-refractivity contribution in [3.8, 4) is 0 Å². The van der Waals surface area contributed by atoms with Crippen molar-refractivity contribution >= 4 is 5.82 Å². The third-order valence-electron chi connectivity index (χ3n) is 3.55. The molecule has 3 nitrogen and oxygen atoms in total. The lowest BCUT2D eigenvalue weighted by Crippen LogP contribution is -2.20. The third-order valence-corrected chi connectivity index (χ3v) is 3.55. The molecule has 0 aromatic carbocycles. The van der Waals surface area contributed by atoms with Gasteiger partial charge in [0.25, 0.3) is 0 Å². The van der Waals surface area contributed by atoms with Gasteiger partial charge in [0.2, 0.25) is 0 Å². The van der Waals surface area contributed by atoms with Gasteiger partial charge in [-0.25, -0.2) is 4.98 Å². The van der Waals surface area contributed by atoms with Gasteiger partial charge < -0.3 is 10.6 Å². The molecule has 16 heavy (non-hydrogen) atoms. The van der Waals surface area contributed by atoms with Crippen LogP contribution in [0.3, 0.4) is 0 Å². The average Bonchev–Trinajstić information content (AvgIpc) is 2.61. The monoisotopic (exact) mass is 219 g/mol. The summed E-state index contributed by atoms with van der Waals surface area (Å²) < 4.78 is 0. The fraction of sp³-hybridized carbons (Fsp3) is 0.615. The van der Waals surface area contributed by atoms with Gasteiger partial charge in [0.15, 0.2) is 0 Å². The lowest BCUT2D eigenvalue weighted by atomic mass is 10.0. The number of hydrogen-bond acceptors (Lipinski definition) is 3. The van der Waals surface area contributed by atoms with E-state index in [9.17, 15) is 0 Å². The van der Waals surface area contributed by atoms with E-state index in [1.165, 1.54) is 5.56 Å². The largest absolute Gasteiger partial charge is 0.356 e. The molecule has 3 heteroatoms. The second-order valence-corrected chi connectivity index (χ2v) is 4.92. The van der Waals surface area contributed by atoms with Crippen LogP contribution < -0.4 is 10.6 Å². The molecule has 2 unspecified atom stereocenters. The number of hydrogen-bond donors (Lipinski definition) is 1. The molecule has 0 radical (unpaired) electrons. The van der Waals surface area contributed by atoms with Crippen LogP contribution >= 0.6 is 0 Å². The number of nitrogens with two attached hydrogens (primary N) is 1. The van der Waals surface area contributed by atoms with Crippen LogP contribution in [-0.4, -0.2) is 24.6 Å². The van der Waals surface area contributed by atoms with Crippen LogP contribution in [0, 0.1) is 11.8 Å². The maximum Gasteiger partial charge on any atom is 0.128 e. The Kier molecular flexibility index (Phi) is 3.44. The number of anilines is 1. The van der Waals surface area contributed by atoms with Gasteiger partial charge in [-0.3, -0.25) is 0 Å². The van der Waals surface area contributed by atoms with Crippen molar-refractivity contribution in [1.29, 1.82) is 0 Å². The summed E-state index contributed by atoms with van der Waals surface area (Å²) in [6.07, 6.45) is 2.87. The highest BCUT2D eigenvalue weighted by atomic mass is 15.2. The first-order chi connectivity index (χ1) is 7.70. The topological polar surface area (TPSA) is 42.1 Å². The predicted octanol–water partition coefficient (Wildman–Crippen LogP) is 1.68. The van der Waals surface area contributed by atoms with Crippen molar-refractivity contribution in [3.63, 3.8) is 0 Å². The molecule has 88 valence electrons. The van der Waals surface area contributed by atoms with Crippen molar-refractivity contribution in [2.24, 2.45) is 17.6 Å². The van der Waals surface area contributed by atoms with Crippen molar-refractivity contribution in [3.05, 3.63) is 23.9 Å². The second kappa shape index (κ2) is 4.83. The molecular weight excluding hydrogens is 198 g/mol. The molecular formula is C13H21N3. The van der Waals surface area contributed by atoms with Gasteiger partial charge in [-0.15, -0.1) is 0 Å². The number of aromatic nitrogens is 1. The second-order valence-electron chi connectivity index (χ2n) is 4.92. The molecule has 0 spiro atoms. The zero-order valence-corrected chi connectivity index (χ0v) is 10.2. The Morgan fingerprint density at radius 2 is 2.00 bits per heavy atom. The third kappa shape index (κ3) is 2.35. The molecule has 0 aliphatic carbocycles. The standard InChI is InChI=1S/C13H21N3/c1-10-8-16(9-11(10)2)13-4-3-12(5-6-14)7-15-13/h3-4,7,10-11H,5-6,8-9,14H2,1-2H3. The van der Waals surface area contributed by atoms with Gasteiger partial charge >= 0.3 is 0 Å². The Hall–Kier alpha value is -1.09. The Labute approximate surface area is 97.7 Å². The zero-order chi connectivity index (χ0) is 11.5. The minimum atomic E-state index is 0.693. The van der Waals surface area contributed by atoms with Crippen LogP contribution in [0.15, 0.2) is 18.3 Å². The van der Waals surface area contributed by atoms with E-state index in [2.05, 4.69) is 35.9 Å². The molecule has 1 saturated heterocycles. The molecule has 1 aromatic heterocycles. The fourth-order valence-electron chi connectivity index (χ4n) is 2.24. The minimum absolute atomic E-state index is 0.693. The molecule has 1 aromatic rings. The van der Waals surface area contributed by atoms with E-state index in [1.54, 1.807) is 0 Å². The van der Waals surface area contributed by atoms with E-state index in [-0.39, 0.29) is 0 Å². The lowest BCUT2D eigenvalue weighted by Gasteiger charge is -2.17. The first kappa shape index (κ1) is 11.4. The summed E-state index contributed by atoms with van der Waals surface area (Å²) in [5.74, 6) is 2.65. The fourth-order valence-corrected chi connectivity index (χ4v) is 2.24. The highest BCUT2D eigenvalue weighted by molar-refractivity contribution is 5.40. The summed E-state index contributed by atoms with van der Waals surface area (Å²) in [5.41, 5.74) is 6.75. The molecule has 2 N–H and O–H groups in total. The molecule has 0 saturated carbocycles. The van der Waals surface area contributed by atoms with E-state index < -0.39 is 0 Å². The zero-order valence-electron chi connectivity index (χ0n) is 10.2. The number of pyridine rings is 1. The van der Waals surface area contributed by atoms with Crippen molar-refractivity contribution in [2.75, 3.05) is 24.5 Å². The Morgan fingerprint density at radius 1 is 1.31 bits per heavy atom. The van der Waals surface area contributed by atoms with E-state index in [1.807, 2.05) is 6.20 Å². The highest BCUT2D eigenvalue weighted by Crippen LogP contribution is 2.26. The van der Waals surface area contributed by atoms with E-state index in [0.717, 1.165) is 37.2 Å². The lowest BCUT2D eigenvalue weighted by molar-refractivity contribution is 0.494. The summed E-state index contributed by atoms with van der Waals surface area (Å²) in [4.78, 5) is 6.90. The molecule has 2 atom stereocenters. The minimum Gasteiger partial charge on any atom is -0.356 e. The molecule has 0 amide bonds. The summed E-state index contributed by atoms with van der Waals surface area (Å²) >= 11 is 0. The summed E-state index contributed by atoms with van der Waals surface area (Å²) in [5, 5.41) is 0. The van der Waals surface area contributed by atoms with Crippen LogP contribution in [0.25, 0.3) is 0 Å². The Morgan fingerprint density at radius 3 is 2.50 bits per heavy atom. The van der Waals surface area contributed by atoms with E-state index in [4.69, 9.17) is 5.73 Å². The van der Waals surface area contributed by atoms with Crippen molar-refractivity contribution < 1.29 is 0 Å². The Bertz CT molecular complexity index is 324. The summed E-state index contributed by atoms with van der Waals surface area (Å²) in [6, 6.07) is 4.26. The predicted molar refractivity (Wildman–Crippen MR) is 67.5 cm³/mol. The SMILES string of the molecule is CC1CN(c2ccc(CCN)cn2)CC1C. The number of rotatable bonds is 3. The van der Waals surface area contributed by atoms with Crippen LogP contribution in [0.1, 0.15) is 19.4 Å². The smallest absolute Gasteiger partial charge is 0.128 e. The molecule has 0 bridgehead atoms. The van der Waals surface area contributed by atoms with Crippen LogP contribution in [0.4, 0.5) is 5.82 Å². The molecule has 1 fully saturated rings. The van der Waals surface area contributed by atoms with Gasteiger partial charge in [-0.2, -0.15) is 0 Å².